The Labute approximate surface area is 192 Å². The molecule has 9 heteroatoms. The van der Waals surface area contributed by atoms with Gasteiger partial charge in [-0.25, -0.2) is 0 Å². The number of benzene rings is 2. The zero-order chi connectivity index (χ0) is 21.4. The molecule has 2 amide bonds. The first kappa shape index (κ1) is 21.2. The normalized spacial score (nSPS) is 14.2. The lowest BCUT2D eigenvalue weighted by Gasteiger charge is -2.30. The summed E-state index contributed by atoms with van der Waals surface area (Å²) in [5.74, 6) is -0.940. The van der Waals surface area contributed by atoms with Crippen molar-refractivity contribution in [2.45, 2.75) is 19.3 Å². The van der Waals surface area contributed by atoms with E-state index >= 15 is 0 Å². The van der Waals surface area contributed by atoms with Crippen LogP contribution in [0.15, 0.2) is 30.3 Å². The fraction of sp³-hybridized carbons (Fsp3) is 0.238. The van der Waals surface area contributed by atoms with Crippen LogP contribution in [0.1, 0.15) is 39.3 Å². The average Bonchev–Trinajstić information content (AvgIpc) is 3.05. The molecule has 30 heavy (non-hydrogen) atoms. The average molecular weight is 483 g/mol. The molecule has 3 aromatic rings. The zero-order valence-corrected chi connectivity index (χ0v) is 18.9. The molecule has 0 saturated carbocycles. The maximum Gasteiger partial charge on any atom is 0.267 e. The molecule has 0 bridgehead atoms. The Morgan fingerprint density at radius 1 is 1.03 bits per heavy atom. The van der Waals surface area contributed by atoms with Gasteiger partial charge in [-0.2, -0.15) is 0 Å². The van der Waals surface area contributed by atoms with Gasteiger partial charge >= 0.3 is 0 Å². The Morgan fingerprint density at radius 3 is 2.47 bits per heavy atom. The molecule has 0 spiro atoms. The maximum absolute atomic E-state index is 13.1. The van der Waals surface area contributed by atoms with Crippen LogP contribution in [0, 0.1) is 0 Å². The first-order valence-corrected chi connectivity index (χ1v) is 11.4. The van der Waals surface area contributed by atoms with E-state index in [1.54, 1.807) is 24.3 Å². The molecule has 0 unspecified atom stereocenters. The van der Waals surface area contributed by atoms with Gasteiger partial charge in [0.2, 0.25) is 5.91 Å². The number of carbonyl (C=O) groups excluding carboxylic acids is 2. The minimum Gasteiger partial charge on any atom is -0.370 e. The van der Waals surface area contributed by atoms with E-state index in [-0.39, 0.29) is 10.9 Å². The van der Waals surface area contributed by atoms with Crippen LogP contribution in [0.3, 0.4) is 0 Å². The largest absolute Gasteiger partial charge is 0.370 e. The fourth-order valence-corrected chi connectivity index (χ4v) is 5.91. The second-order valence-corrected chi connectivity index (χ2v) is 9.38. The summed E-state index contributed by atoms with van der Waals surface area (Å²) in [6.45, 7) is 1.77. The van der Waals surface area contributed by atoms with Gasteiger partial charge in [0.1, 0.15) is 4.88 Å². The van der Waals surface area contributed by atoms with E-state index in [0.29, 0.717) is 31.6 Å². The highest BCUT2D eigenvalue weighted by atomic mass is 35.5. The van der Waals surface area contributed by atoms with Crippen LogP contribution in [0.4, 0.5) is 11.4 Å². The summed E-state index contributed by atoms with van der Waals surface area (Å²) < 4.78 is 0.727. The molecular weight excluding hydrogens is 465 g/mol. The van der Waals surface area contributed by atoms with Crippen LogP contribution in [0.5, 0.6) is 0 Å². The number of nitrogens with two attached hydrogens (primary N) is 1. The van der Waals surface area contributed by atoms with E-state index in [9.17, 15) is 9.59 Å². The third-order valence-corrected chi connectivity index (χ3v) is 7.22. The van der Waals surface area contributed by atoms with Gasteiger partial charge in [0, 0.05) is 33.8 Å². The molecule has 2 aromatic carbocycles. The molecule has 0 atom stereocenters. The van der Waals surface area contributed by atoms with Crippen LogP contribution in [0.2, 0.25) is 15.1 Å². The molecular formula is C21H18Cl3N3O2S. The predicted octanol–water partition coefficient (Wildman–Crippen LogP) is 6.20. The van der Waals surface area contributed by atoms with Crippen molar-refractivity contribution in [1.29, 1.82) is 0 Å². The van der Waals surface area contributed by atoms with Crippen molar-refractivity contribution in [2.24, 2.45) is 5.73 Å². The lowest BCUT2D eigenvalue weighted by Crippen LogP contribution is -2.30. The van der Waals surface area contributed by atoms with Crippen LogP contribution >= 0.6 is 46.1 Å². The van der Waals surface area contributed by atoms with Gasteiger partial charge in [0.15, 0.2) is 0 Å². The van der Waals surface area contributed by atoms with Crippen molar-refractivity contribution in [3.63, 3.8) is 0 Å². The van der Waals surface area contributed by atoms with Crippen molar-refractivity contribution >= 4 is 79.4 Å². The number of thiophene rings is 1. The molecule has 0 radical (unpaired) electrons. The minimum absolute atomic E-state index is 0.278. The number of hydrogen-bond donors (Lipinski definition) is 2. The van der Waals surface area contributed by atoms with Crippen LogP contribution in [-0.2, 0) is 0 Å². The Hall–Kier alpha value is -1.99. The highest BCUT2D eigenvalue weighted by molar-refractivity contribution is 7.21. The van der Waals surface area contributed by atoms with Crippen LogP contribution in [0.25, 0.3) is 10.1 Å². The van der Waals surface area contributed by atoms with Crippen LogP contribution in [-0.4, -0.2) is 24.9 Å². The van der Waals surface area contributed by atoms with Gasteiger partial charge in [-0.3, -0.25) is 9.59 Å². The second-order valence-electron chi connectivity index (χ2n) is 7.10. The van der Waals surface area contributed by atoms with E-state index in [2.05, 4.69) is 10.2 Å². The van der Waals surface area contributed by atoms with E-state index in [0.717, 1.165) is 36.3 Å². The topological polar surface area (TPSA) is 75.4 Å². The Kier molecular flexibility index (Phi) is 6.11. The first-order chi connectivity index (χ1) is 14.3. The fourth-order valence-electron chi connectivity index (χ4n) is 3.64. The van der Waals surface area contributed by atoms with Crippen molar-refractivity contribution in [3.05, 3.63) is 55.8 Å². The third-order valence-electron chi connectivity index (χ3n) is 5.08. The number of nitrogens with zero attached hydrogens (tertiary/aromatic N) is 1. The monoisotopic (exact) mass is 481 g/mol. The number of nitrogens with one attached hydrogen (secondary N) is 1. The van der Waals surface area contributed by atoms with E-state index in [4.69, 9.17) is 40.5 Å². The highest BCUT2D eigenvalue weighted by Gasteiger charge is 2.22. The summed E-state index contributed by atoms with van der Waals surface area (Å²) in [6.07, 6.45) is 3.33. The number of hydrogen-bond acceptors (Lipinski definition) is 4. The number of halogens is 3. The smallest absolute Gasteiger partial charge is 0.267 e. The summed E-state index contributed by atoms with van der Waals surface area (Å²) in [5, 5.41) is 4.65. The molecule has 156 valence electrons. The number of amides is 2. The van der Waals surface area contributed by atoms with Gasteiger partial charge in [0.05, 0.1) is 21.4 Å². The van der Waals surface area contributed by atoms with Gasteiger partial charge < -0.3 is 16.0 Å². The molecule has 5 nitrogen and oxygen atoms in total. The molecule has 1 fully saturated rings. The number of carbonyl (C=O) groups is 2. The SMILES string of the molecule is NC(=O)c1ccc(N2CCCCC2)c(NC(=O)c2sc3cc(Cl)cc(Cl)c3c2Cl)c1. The summed E-state index contributed by atoms with van der Waals surface area (Å²) >= 11 is 20.1. The van der Waals surface area contributed by atoms with Crippen LogP contribution < -0.4 is 16.0 Å². The quantitative estimate of drug-likeness (QED) is 0.464. The van der Waals surface area contributed by atoms with Gasteiger partial charge in [0.25, 0.3) is 5.91 Å². The third kappa shape index (κ3) is 4.10. The number of fused-ring (bicyclic) bond motifs is 1. The predicted molar refractivity (Wildman–Crippen MR) is 126 cm³/mol. The maximum atomic E-state index is 13.1. The van der Waals surface area contributed by atoms with Gasteiger partial charge in [-0.15, -0.1) is 11.3 Å². The minimum atomic E-state index is -0.558. The second kappa shape index (κ2) is 8.63. The summed E-state index contributed by atoms with van der Waals surface area (Å²) in [7, 11) is 0. The molecule has 1 aliphatic heterocycles. The Bertz CT molecular complexity index is 1160. The van der Waals surface area contributed by atoms with Gasteiger partial charge in [-0.05, 0) is 49.6 Å². The highest BCUT2D eigenvalue weighted by Crippen LogP contribution is 2.42. The van der Waals surface area contributed by atoms with Gasteiger partial charge in [-0.1, -0.05) is 34.8 Å². The van der Waals surface area contributed by atoms with Crippen molar-refractivity contribution < 1.29 is 9.59 Å². The van der Waals surface area contributed by atoms with Crippen molar-refractivity contribution in [2.75, 3.05) is 23.3 Å². The van der Waals surface area contributed by atoms with E-state index in [1.807, 2.05) is 6.07 Å². The molecule has 2 heterocycles. The lowest BCUT2D eigenvalue weighted by molar-refractivity contribution is 0.0996. The Balaban J connectivity index is 1.72. The van der Waals surface area contributed by atoms with Crippen molar-refractivity contribution in [1.82, 2.24) is 0 Å². The summed E-state index contributed by atoms with van der Waals surface area (Å²) in [6, 6.07) is 8.43. The number of anilines is 2. The Morgan fingerprint density at radius 2 is 1.77 bits per heavy atom. The number of piperidine rings is 1. The standard InChI is InChI=1S/C21H18Cl3N3O2S/c22-12-9-13(23)17-16(10-12)30-19(18(17)24)21(29)26-14-8-11(20(25)28)4-5-15(14)27-6-2-1-3-7-27/h4-5,8-10H,1-3,6-7H2,(H2,25,28)(H,26,29). The lowest BCUT2D eigenvalue weighted by atomic mass is 10.1. The van der Waals surface area contributed by atoms with E-state index in [1.165, 1.54) is 17.8 Å². The molecule has 3 N–H and O–H groups in total. The number of primary amides is 1. The molecule has 0 aliphatic carbocycles. The van der Waals surface area contributed by atoms with Crippen molar-refractivity contribution in [3.8, 4) is 0 Å². The molecule has 1 aromatic heterocycles. The summed E-state index contributed by atoms with van der Waals surface area (Å²) in [5.41, 5.74) is 7.15. The molecule has 4 rings (SSSR count). The zero-order valence-electron chi connectivity index (χ0n) is 15.8. The number of rotatable bonds is 4. The molecule has 1 aliphatic rings. The molecule has 1 saturated heterocycles. The van der Waals surface area contributed by atoms with E-state index < -0.39 is 5.91 Å². The summed E-state index contributed by atoms with van der Waals surface area (Å²) in [4.78, 5) is 27.3. The first-order valence-electron chi connectivity index (χ1n) is 9.42.